The summed E-state index contributed by atoms with van der Waals surface area (Å²) in [5.41, 5.74) is 0. The van der Waals surface area contributed by atoms with E-state index < -0.39 is 0 Å². The highest BCUT2D eigenvalue weighted by molar-refractivity contribution is 5.49. The molecule has 2 fully saturated rings. The van der Waals surface area contributed by atoms with Crippen molar-refractivity contribution in [2.75, 3.05) is 44.0 Å². The van der Waals surface area contributed by atoms with Crippen molar-refractivity contribution < 1.29 is 4.42 Å². The van der Waals surface area contributed by atoms with Gasteiger partial charge in [0.2, 0.25) is 11.8 Å². The Morgan fingerprint density at radius 2 is 1.92 bits per heavy atom. The van der Waals surface area contributed by atoms with E-state index in [9.17, 15) is 0 Å². The van der Waals surface area contributed by atoms with Crippen LogP contribution in [-0.2, 0) is 6.54 Å². The Hall–Kier alpha value is -2.22. The molecule has 0 aromatic carbocycles. The van der Waals surface area contributed by atoms with Crippen LogP contribution in [-0.4, -0.2) is 65.3 Å². The minimum Gasteiger partial charge on any atom is -0.424 e. The Morgan fingerprint density at radius 1 is 1.12 bits per heavy atom. The maximum absolute atomic E-state index is 5.83. The van der Waals surface area contributed by atoms with Crippen molar-refractivity contribution in [2.24, 2.45) is 0 Å². The van der Waals surface area contributed by atoms with E-state index in [1.165, 1.54) is 12.8 Å². The first kappa shape index (κ1) is 17.2. The summed E-state index contributed by atoms with van der Waals surface area (Å²) in [6.07, 6.45) is 6.33. The molecule has 4 rings (SSSR count). The lowest BCUT2D eigenvalue weighted by Gasteiger charge is -2.37. The zero-order valence-electron chi connectivity index (χ0n) is 15.8. The minimum atomic E-state index is 0.416. The first-order valence-corrected chi connectivity index (χ1v) is 9.37. The Bertz CT molecular complexity index is 743. The van der Waals surface area contributed by atoms with E-state index in [0.29, 0.717) is 12.0 Å². The van der Waals surface area contributed by atoms with Crippen LogP contribution in [0.3, 0.4) is 0 Å². The smallest absolute Gasteiger partial charge is 0.230 e. The van der Waals surface area contributed by atoms with Crippen LogP contribution < -0.4 is 9.80 Å². The van der Waals surface area contributed by atoms with Crippen LogP contribution >= 0.6 is 0 Å². The highest BCUT2D eigenvalue weighted by atomic mass is 16.4. The van der Waals surface area contributed by atoms with Gasteiger partial charge in [-0.3, -0.25) is 4.90 Å². The van der Waals surface area contributed by atoms with Gasteiger partial charge in [0.25, 0.3) is 0 Å². The van der Waals surface area contributed by atoms with E-state index in [1.54, 1.807) is 6.33 Å². The fourth-order valence-corrected chi connectivity index (χ4v) is 3.47. The number of hydrogen-bond donors (Lipinski definition) is 0. The molecule has 2 aromatic heterocycles. The predicted octanol–water partition coefficient (Wildman–Crippen LogP) is 1.90. The van der Waals surface area contributed by atoms with Gasteiger partial charge in [0.05, 0.1) is 6.54 Å². The minimum absolute atomic E-state index is 0.416. The van der Waals surface area contributed by atoms with E-state index in [4.69, 9.17) is 4.42 Å². The number of aromatic nitrogens is 4. The van der Waals surface area contributed by atoms with E-state index in [-0.39, 0.29) is 0 Å². The van der Waals surface area contributed by atoms with Crippen molar-refractivity contribution in [1.82, 2.24) is 25.1 Å². The van der Waals surface area contributed by atoms with Crippen LogP contribution in [0, 0.1) is 0 Å². The van der Waals surface area contributed by atoms with Crippen molar-refractivity contribution in [1.29, 1.82) is 0 Å². The van der Waals surface area contributed by atoms with Gasteiger partial charge in [0.1, 0.15) is 18.0 Å². The molecule has 2 aromatic rings. The quantitative estimate of drug-likeness (QED) is 0.776. The third-order valence-electron chi connectivity index (χ3n) is 5.25. The molecule has 1 unspecified atom stereocenters. The van der Waals surface area contributed by atoms with E-state index in [0.717, 1.165) is 55.9 Å². The summed E-state index contributed by atoms with van der Waals surface area (Å²) < 4.78 is 5.83. The summed E-state index contributed by atoms with van der Waals surface area (Å²) in [5.74, 6) is 3.97. The van der Waals surface area contributed by atoms with Crippen LogP contribution in [0.4, 0.5) is 11.6 Å². The topological polar surface area (TPSA) is 74.4 Å². The van der Waals surface area contributed by atoms with Gasteiger partial charge in [0, 0.05) is 45.7 Å². The Kier molecular flexibility index (Phi) is 4.76. The van der Waals surface area contributed by atoms with Gasteiger partial charge in [-0.15, -0.1) is 10.2 Å². The average molecular weight is 357 g/mol. The highest BCUT2D eigenvalue weighted by Gasteiger charge is 2.30. The number of likely N-dealkylation sites (tertiary alicyclic amines) is 1. The molecule has 1 aliphatic heterocycles. The van der Waals surface area contributed by atoms with E-state index in [2.05, 4.69) is 37.0 Å². The summed E-state index contributed by atoms with van der Waals surface area (Å²) in [5, 5.41) is 8.43. The van der Waals surface area contributed by atoms with Crippen LogP contribution in [0.25, 0.3) is 0 Å². The third kappa shape index (κ3) is 3.80. The summed E-state index contributed by atoms with van der Waals surface area (Å²) in [6.45, 7) is 2.77. The number of nitrogens with zero attached hydrogens (tertiary/aromatic N) is 7. The summed E-state index contributed by atoms with van der Waals surface area (Å²) in [4.78, 5) is 15.4. The number of piperidine rings is 1. The molecule has 26 heavy (non-hydrogen) atoms. The van der Waals surface area contributed by atoms with Crippen LogP contribution in [0.1, 0.15) is 43.4 Å². The Balaban J connectivity index is 1.39. The molecule has 1 saturated heterocycles. The van der Waals surface area contributed by atoms with Gasteiger partial charge >= 0.3 is 0 Å². The molecular weight excluding hydrogens is 330 g/mol. The summed E-state index contributed by atoms with van der Waals surface area (Å²) in [7, 11) is 6.11. The second-order valence-electron chi connectivity index (χ2n) is 7.58. The molecule has 0 bridgehead atoms. The zero-order chi connectivity index (χ0) is 18.1. The molecule has 8 nitrogen and oxygen atoms in total. The molecule has 0 N–H and O–H groups in total. The number of anilines is 2. The molecule has 1 aliphatic carbocycles. The lowest BCUT2D eigenvalue weighted by atomic mass is 10.0. The maximum atomic E-state index is 5.83. The molecule has 3 heterocycles. The standard InChI is InChI=1S/C18H27N7O/c1-23(2)15-9-16(20-12-19-15)24(3)14-5-4-8-25(10-14)11-17-21-22-18(26-17)13-6-7-13/h9,12-14H,4-8,10-11H2,1-3H3. The van der Waals surface area contributed by atoms with Crippen LogP contribution in [0.2, 0.25) is 0 Å². The Morgan fingerprint density at radius 3 is 2.69 bits per heavy atom. The van der Waals surface area contributed by atoms with Gasteiger partial charge in [-0.25, -0.2) is 9.97 Å². The number of likely N-dealkylation sites (N-methyl/N-ethyl adjacent to an activating group) is 1. The first-order chi connectivity index (χ1) is 12.6. The van der Waals surface area contributed by atoms with Crippen molar-refractivity contribution in [2.45, 2.75) is 44.2 Å². The normalized spacial score (nSPS) is 21.0. The summed E-state index contributed by atoms with van der Waals surface area (Å²) in [6, 6.07) is 2.46. The van der Waals surface area contributed by atoms with Crippen molar-refractivity contribution in [3.05, 3.63) is 24.2 Å². The van der Waals surface area contributed by atoms with Crippen molar-refractivity contribution in [3.8, 4) is 0 Å². The highest BCUT2D eigenvalue weighted by Crippen LogP contribution is 2.39. The van der Waals surface area contributed by atoms with E-state index in [1.807, 2.05) is 25.1 Å². The molecule has 0 amide bonds. The van der Waals surface area contributed by atoms with Crippen molar-refractivity contribution >= 4 is 11.6 Å². The monoisotopic (exact) mass is 357 g/mol. The molecule has 2 aliphatic rings. The van der Waals surface area contributed by atoms with Gasteiger partial charge in [-0.05, 0) is 32.2 Å². The van der Waals surface area contributed by atoms with Gasteiger partial charge in [-0.1, -0.05) is 0 Å². The molecule has 0 radical (unpaired) electrons. The van der Waals surface area contributed by atoms with Crippen LogP contribution in [0.15, 0.2) is 16.8 Å². The first-order valence-electron chi connectivity index (χ1n) is 9.37. The van der Waals surface area contributed by atoms with Crippen LogP contribution in [0.5, 0.6) is 0 Å². The van der Waals surface area contributed by atoms with Gasteiger partial charge in [0.15, 0.2) is 0 Å². The molecule has 8 heteroatoms. The number of rotatable bonds is 6. The largest absolute Gasteiger partial charge is 0.424 e. The molecular formula is C18H27N7O. The summed E-state index contributed by atoms with van der Waals surface area (Å²) >= 11 is 0. The fraction of sp³-hybridized carbons (Fsp3) is 0.667. The second-order valence-corrected chi connectivity index (χ2v) is 7.58. The second kappa shape index (κ2) is 7.19. The predicted molar refractivity (Wildman–Crippen MR) is 99.3 cm³/mol. The lowest BCUT2D eigenvalue weighted by molar-refractivity contribution is 0.181. The molecule has 1 atom stereocenters. The third-order valence-corrected chi connectivity index (χ3v) is 5.25. The molecule has 140 valence electrons. The Labute approximate surface area is 154 Å². The molecule has 0 spiro atoms. The maximum Gasteiger partial charge on any atom is 0.230 e. The van der Waals surface area contributed by atoms with Crippen molar-refractivity contribution in [3.63, 3.8) is 0 Å². The molecule has 1 saturated carbocycles. The fourth-order valence-electron chi connectivity index (χ4n) is 3.47. The average Bonchev–Trinajstić information content (AvgIpc) is 3.41. The zero-order valence-corrected chi connectivity index (χ0v) is 15.8. The number of hydrogen-bond acceptors (Lipinski definition) is 8. The van der Waals surface area contributed by atoms with E-state index >= 15 is 0 Å². The van der Waals surface area contributed by atoms with Gasteiger partial charge < -0.3 is 14.2 Å². The lowest BCUT2D eigenvalue weighted by Crippen LogP contribution is -2.46. The van der Waals surface area contributed by atoms with Gasteiger partial charge in [-0.2, -0.15) is 0 Å². The SMILES string of the molecule is CN(C)c1cc(N(C)C2CCCN(Cc3nnc(C4CC4)o3)C2)ncn1.